The number of pyridine rings is 1. The number of aromatic nitrogens is 3. The van der Waals surface area contributed by atoms with E-state index < -0.39 is 23.2 Å². The Morgan fingerprint density at radius 2 is 1.78 bits per heavy atom. The molecule has 0 fully saturated rings. The molecule has 0 aliphatic carbocycles. The zero-order valence-corrected chi connectivity index (χ0v) is 31.1. The van der Waals surface area contributed by atoms with Crippen LogP contribution in [0.1, 0.15) is 44.0 Å². The van der Waals surface area contributed by atoms with Crippen LogP contribution in [0.3, 0.4) is 0 Å². The van der Waals surface area contributed by atoms with E-state index in [1.807, 2.05) is 65.7 Å². The summed E-state index contributed by atoms with van der Waals surface area (Å²) in [6, 6.07) is 19.7. The Hall–Kier alpha value is -3.61. The zero-order valence-electron chi connectivity index (χ0n) is 27.9. The third-order valence-electron chi connectivity index (χ3n) is 8.37. The maximum absolute atomic E-state index is 15.7. The number of halogens is 4. The molecule has 1 N–H and O–H groups in total. The number of nitrogens with zero attached hydrogens (tertiary/aromatic N) is 4. The number of thioether (sulfide) groups is 1. The van der Waals surface area contributed by atoms with Gasteiger partial charge >= 0.3 is 5.97 Å². The van der Waals surface area contributed by atoms with Gasteiger partial charge in [0.1, 0.15) is 30.0 Å². The smallest absolute Gasteiger partial charge is 0.321 e. The van der Waals surface area contributed by atoms with Gasteiger partial charge in [-0.2, -0.15) is 0 Å². The zero-order chi connectivity index (χ0) is 36.0. The van der Waals surface area contributed by atoms with Crippen LogP contribution >= 0.6 is 46.9 Å². The van der Waals surface area contributed by atoms with Gasteiger partial charge < -0.3 is 9.84 Å². The molecule has 0 radical (unpaired) electrons. The average Bonchev–Trinajstić information content (AvgIpc) is 3.53. The van der Waals surface area contributed by atoms with E-state index in [1.54, 1.807) is 48.8 Å². The molecule has 0 spiro atoms. The van der Waals surface area contributed by atoms with Crippen molar-refractivity contribution in [1.29, 1.82) is 0 Å². The van der Waals surface area contributed by atoms with Gasteiger partial charge in [-0.15, -0.1) is 0 Å². The molecule has 0 saturated carbocycles. The molecule has 0 saturated heterocycles. The van der Waals surface area contributed by atoms with E-state index in [2.05, 4.69) is 0 Å². The number of benzene rings is 3. The van der Waals surface area contributed by atoms with Crippen LogP contribution in [0.25, 0.3) is 5.69 Å². The summed E-state index contributed by atoms with van der Waals surface area (Å²) in [5.41, 5.74) is 2.11. The summed E-state index contributed by atoms with van der Waals surface area (Å²) < 4.78 is 40.9. The maximum Gasteiger partial charge on any atom is 0.321 e. The van der Waals surface area contributed by atoms with Crippen molar-refractivity contribution in [3.63, 3.8) is 0 Å². The minimum atomic E-state index is -0.973. The predicted molar refractivity (Wildman–Crippen MR) is 196 cm³/mol. The lowest BCUT2D eigenvalue weighted by Crippen LogP contribution is -2.38. The van der Waals surface area contributed by atoms with Gasteiger partial charge in [0.25, 0.3) is 0 Å². The molecule has 3 aromatic carbocycles. The van der Waals surface area contributed by atoms with Crippen molar-refractivity contribution in [3.8, 4) is 11.4 Å². The Labute approximate surface area is 309 Å². The molecule has 2 aromatic heterocycles. The highest BCUT2D eigenvalue weighted by atomic mass is 35.5. The summed E-state index contributed by atoms with van der Waals surface area (Å²) in [5.74, 6) is -1.16. The molecule has 0 amide bonds. The Balaban J connectivity index is 1.39. The molecule has 1 atom stereocenters. The summed E-state index contributed by atoms with van der Waals surface area (Å²) in [6.07, 6.45) is 6.36. The van der Waals surface area contributed by atoms with Crippen molar-refractivity contribution >= 4 is 52.9 Å². The van der Waals surface area contributed by atoms with Gasteiger partial charge in [0, 0.05) is 57.4 Å². The normalized spacial score (nSPS) is 12.3. The number of carboxylic acid groups (broad SMARTS) is 1. The van der Waals surface area contributed by atoms with Crippen molar-refractivity contribution in [2.24, 2.45) is 0 Å². The van der Waals surface area contributed by atoms with E-state index >= 15 is 4.39 Å². The van der Waals surface area contributed by atoms with Gasteiger partial charge in [-0.25, -0.2) is 22.6 Å². The van der Waals surface area contributed by atoms with Crippen LogP contribution in [-0.2, 0) is 22.5 Å². The number of aryl methyl sites for hydroxylation is 1. The van der Waals surface area contributed by atoms with E-state index in [0.717, 1.165) is 11.3 Å². The predicted octanol–water partition coefficient (Wildman–Crippen LogP) is 9.24. The quantitative estimate of drug-likeness (QED) is 0.0649. The maximum atomic E-state index is 15.7. The standard InChI is InChI=1S/C37H36Cl2F2N4O3S2/c1-24(35(46)47)44(18-8-17-43-15-6-5-7-16-43)50-28-20-31(39)29(32(41)21-28)23-49-36-42-22-34(45(36)27-12-10-26(40)11-13-27)37(2,3)25-9-14-30(38)33(19-25)48-4/h5-7,9-16,19-22,24H,8,17-18,23H2,1-4H3/p+1. The summed E-state index contributed by atoms with van der Waals surface area (Å²) >= 11 is 15.5. The first-order valence-corrected chi connectivity index (χ1v) is 18.3. The summed E-state index contributed by atoms with van der Waals surface area (Å²) in [5, 5.41) is 11.0. The molecule has 13 heteroatoms. The lowest BCUT2D eigenvalue weighted by Gasteiger charge is -2.28. The minimum absolute atomic E-state index is 0.159. The number of carboxylic acids is 1. The Morgan fingerprint density at radius 3 is 2.44 bits per heavy atom. The average molecular weight is 759 g/mol. The largest absolute Gasteiger partial charge is 0.495 e. The monoisotopic (exact) mass is 757 g/mol. The van der Waals surface area contributed by atoms with E-state index in [9.17, 15) is 14.3 Å². The first kappa shape index (κ1) is 37.6. The second kappa shape index (κ2) is 16.6. The van der Waals surface area contributed by atoms with E-state index in [1.165, 1.54) is 41.9 Å². The van der Waals surface area contributed by atoms with Crippen molar-refractivity contribution in [1.82, 2.24) is 13.9 Å². The van der Waals surface area contributed by atoms with E-state index in [0.29, 0.717) is 46.0 Å². The molecule has 0 bridgehead atoms. The first-order chi connectivity index (χ1) is 23.9. The van der Waals surface area contributed by atoms with Crippen LogP contribution in [0, 0.1) is 11.6 Å². The van der Waals surface area contributed by atoms with Gasteiger partial charge in [-0.05, 0) is 73.0 Å². The van der Waals surface area contributed by atoms with Crippen LogP contribution in [0.2, 0.25) is 10.0 Å². The number of hydrogen-bond acceptors (Lipinski definition) is 6. The van der Waals surface area contributed by atoms with Crippen molar-refractivity contribution in [2.45, 2.75) is 61.0 Å². The van der Waals surface area contributed by atoms with Crippen LogP contribution in [-0.4, -0.2) is 44.6 Å². The molecule has 262 valence electrons. The third kappa shape index (κ3) is 8.81. The third-order valence-corrected chi connectivity index (χ3v) is 11.2. The fourth-order valence-electron chi connectivity index (χ4n) is 5.39. The molecule has 5 rings (SSSR count). The van der Waals surface area contributed by atoms with Crippen LogP contribution in [0.5, 0.6) is 5.75 Å². The second-order valence-electron chi connectivity index (χ2n) is 12.1. The number of carbonyl (C=O) groups is 1. The molecule has 5 aromatic rings. The molecule has 50 heavy (non-hydrogen) atoms. The van der Waals surface area contributed by atoms with E-state index in [-0.39, 0.29) is 22.2 Å². The molecular formula is C37H37Cl2F2N4O3S2+. The van der Waals surface area contributed by atoms with Crippen LogP contribution < -0.4 is 9.30 Å². The van der Waals surface area contributed by atoms with Crippen molar-refractivity contribution in [3.05, 3.63) is 130 Å². The Kier molecular flexibility index (Phi) is 12.5. The number of aliphatic carboxylic acids is 1. The lowest BCUT2D eigenvalue weighted by atomic mass is 9.81. The molecule has 2 heterocycles. The van der Waals surface area contributed by atoms with Gasteiger partial charge in [0.15, 0.2) is 17.6 Å². The van der Waals surface area contributed by atoms with Crippen LogP contribution in [0.4, 0.5) is 8.78 Å². The molecule has 0 aliphatic heterocycles. The van der Waals surface area contributed by atoms with Crippen molar-refractivity contribution in [2.75, 3.05) is 13.7 Å². The first-order valence-electron chi connectivity index (χ1n) is 15.8. The van der Waals surface area contributed by atoms with Gasteiger partial charge in [-0.1, -0.05) is 60.9 Å². The Bertz CT molecular complexity index is 1920. The fraction of sp³-hybridized carbons (Fsp3) is 0.270. The molecule has 1 unspecified atom stereocenters. The van der Waals surface area contributed by atoms with Gasteiger partial charge in [0.2, 0.25) is 0 Å². The highest BCUT2D eigenvalue weighted by molar-refractivity contribution is 7.98. The van der Waals surface area contributed by atoms with E-state index in [4.69, 9.17) is 32.9 Å². The minimum Gasteiger partial charge on any atom is -0.495 e. The number of imidazole rings is 1. The lowest BCUT2D eigenvalue weighted by molar-refractivity contribution is -0.697. The molecular weight excluding hydrogens is 721 g/mol. The SMILES string of the molecule is COc1cc(C(C)(C)c2cnc(SCc3c(F)cc(SN(CCC[n+]4ccccc4)C(C)C(=O)O)cc3Cl)n2-c2ccc(F)cc2)ccc1Cl. The number of ether oxygens (including phenoxy) is 1. The molecule has 0 aliphatic rings. The van der Waals surface area contributed by atoms with Crippen LogP contribution in [0.15, 0.2) is 101 Å². The topological polar surface area (TPSA) is 71.5 Å². The summed E-state index contributed by atoms with van der Waals surface area (Å²) in [6.45, 7) is 6.86. The highest BCUT2D eigenvalue weighted by Gasteiger charge is 2.31. The number of methoxy groups -OCH3 is 1. The number of hydrogen-bond donors (Lipinski definition) is 1. The molecule has 7 nitrogen and oxygen atoms in total. The number of rotatable bonds is 15. The highest BCUT2D eigenvalue weighted by Crippen LogP contribution is 2.40. The second-order valence-corrected chi connectivity index (χ2v) is 15.0. The summed E-state index contributed by atoms with van der Waals surface area (Å²) in [7, 11) is 1.56. The summed E-state index contributed by atoms with van der Waals surface area (Å²) in [4.78, 5) is 17.1. The van der Waals surface area contributed by atoms with Crippen molar-refractivity contribution < 1.29 is 28.0 Å². The fourth-order valence-corrected chi connectivity index (χ4v) is 8.10. The van der Waals surface area contributed by atoms with Gasteiger partial charge in [0.05, 0.1) is 24.0 Å². The van der Waals surface area contributed by atoms with Gasteiger partial charge in [-0.3, -0.25) is 9.36 Å². The Morgan fingerprint density at radius 1 is 1.06 bits per heavy atom.